The topological polar surface area (TPSA) is 21.3 Å². The number of unbranched alkanes of at least 4 members (excludes halogenated alkanes) is 9. The second kappa shape index (κ2) is 15.5. The van der Waals surface area contributed by atoms with Crippen LogP contribution in [0.1, 0.15) is 90.0 Å². The van der Waals surface area contributed by atoms with E-state index < -0.39 is 0 Å². The molecule has 2 heteroatoms. The lowest BCUT2D eigenvalue weighted by Crippen LogP contribution is -2.14. The fraction of sp³-hybridized carbons (Fsp3) is 0.727. The number of ether oxygens (including phenoxy) is 1. The molecule has 1 N–H and O–H groups in total. The molecule has 0 aromatic heterocycles. The molecule has 0 aliphatic carbocycles. The lowest BCUT2D eigenvalue weighted by Gasteiger charge is -2.08. The van der Waals surface area contributed by atoms with E-state index in [9.17, 15) is 0 Å². The first-order valence-electron chi connectivity index (χ1n) is 10.3. The average molecular weight is 334 g/mol. The Balaban J connectivity index is 2.01. The molecule has 0 heterocycles. The Labute approximate surface area is 150 Å². The molecule has 1 aromatic carbocycles. The van der Waals surface area contributed by atoms with Crippen LogP contribution >= 0.6 is 0 Å². The minimum Gasteiger partial charge on any atom is -0.494 e. The molecule has 0 bridgehead atoms. The van der Waals surface area contributed by atoms with Crippen LogP contribution < -0.4 is 10.1 Å². The maximum atomic E-state index is 5.81. The van der Waals surface area contributed by atoms with Gasteiger partial charge in [0.05, 0.1) is 6.61 Å². The normalized spacial score (nSPS) is 10.9. The largest absolute Gasteiger partial charge is 0.494 e. The molecular formula is C22H39NO. The predicted molar refractivity (Wildman–Crippen MR) is 106 cm³/mol. The monoisotopic (exact) mass is 333 g/mol. The van der Waals surface area contributed by atoms with Crippen molar-refractivity contribution in [2.45, 2.75) is 91.0 Å². The van der Waals surface area contributed by atoms with E-state index in [4.69, 9.17) is 4.74 Å². The van der Waals surface area contributed by atoms with Crippen molar-refractivity contribution in [2.24, 2.45) is 0 Å². The van der Waals surface area contributed by atoms with Crippen molar-refractivity contribution in [3.8, 4) is 5.75 Å². The van der Waals surface area contributed by atoms with Crippen molar-refractivity contribution < 1.29 is 4.74 Å². The zero-order valence-electron chi connectivity index (χ0n) is 16.1. The Kier molecular flexibility index (Phi) is 13.6. The fourth-order valence-corrected chi connectivity index (χ4v) is 2.86. The van der Waals surface area contributed by atoms with E-state index in [0.717, 1.165) is 25.4 Å². The van der Waals surface area contributed by atoms with Crippen molar-refractivity contribution in [3.63, 3.8) is 0 Å². The van der Waals surface area contributed by atoms with Gasteiger partial charge in [0.1, 0.15) is 5.75 Å². The molecule has 0 unspecified atom stereocenters. The summed E-state index contributed by atoms with van der Waals surface area (Å²) < 4.78 is 5.81. The summed E-state index contributed by atoms with van der Waals surface area (Å²) >= 11 is 0. The number of rotatable bonds is 16. The predicted octanol–water partition coefficient (Wildman–Crippen LogP) is 6.49. The lowest BCUT2D eigenvalue weighted by atomic mass is 10.1. The van der Waals surface area contributed by atoms with Crippen molar-refractivity contribution in [3.05, 3.63) is 29.8 Å². The van der Waals surface area contributed by atoms with Gasteiger partial charge in [-0.05, 0) is 37.1 Å². The maximum absolute atomic E-state index is 5.81. The van der Waals surface area contributed by atoms with Gasteiger partial charge in [0.15, 0.2) is 0 Å². The first-order chi connectivity index (χ1) is 11.9. The Morgan fingerprint density at radius 1 is 0.708 bits per heavy atom. The number of nitrogens with one attached hydrogen (secondary N) is 1. The number of benzene rings is 1. The van der Waals surface area contributed by atoms with Crippen molar-refractivity contribution in [2.75, 3.05) is 13.2 Å². The molecule has 24 heavy (non-hydrogen) atoms. The smallest absolute Gasteiger partial charge is 0.119 e. The molecular weight excluding hydrogens is 294 g/mol. The molecule has 0 saturated carbocycles. The third kappa shape index (κ3) is 11.5. The van der Waals surface area contributed by atoms with Gasteiger partial charge in [0, 0.05) is 6.54 Å². The van der Waals surface area contributed by atoms with E-state index in [1.54, 1.807) is 0 Å². The molecule has 0 amide bonds. The van der Waals surface area contributed by atoms with Crippen molar-refractivity contribution in [1.29, 1.82) is 0 Å². The molecule has 2 nitrogen and oxygen atoms in total. The molecule has 0 saturated heterocycles. The highest BCUT2D eigenvalue weighted by Crippen LogP contribution is 2.13. The molecule has 0 fully saturated rings. The van der Waals surface area contributed by atoms with E-state index in [1.165, 1.54) is 76.2 Å². The van der Waals surface area contributed by atoms with Crippen LogP contribution in [0.5, 0.6) is 5.75 Å². The molecule has 0 radical (unpaired) electrons. The van der Waals surface area contributed by atoms with E-state index in [-0.39, 0.29) is 0 Å². The summed E-state index contributed by atoms with van der Waals surface area (Å²) in [5.41, 5.74) is 1.34. The summed E-state index contributed by atoms with van der Waals surface area (Å²) in [6.45, 7) is 7.46. The summed E-state index contributed by atoms with van der Waals surface area (Å²) in [5, 5.41) is 3.54. The van der Waals surface area contributed by atoms with Crippen LogP contribution in [0.3, 0.4) is 0 Å². The van der Waals surface area contributed by atoms with E-state index >= 15 is 0 Å². The molecule has 0 spiro atoms. The van der Waals surface area contributed by atoms with Crippen LogP contribution in [-0.4, -0.2) is 13.2 Å². The van der Waals surface area contributed by atoms with E-state index in [2.05, 4.69) is 43.4 Å². The zero-order chi connectivity index (χ0) is 17.3. The third-order valence-corrected chi connectivity index (χ3v) is 4.48. The van der Waals surface area contributed by atoms with E-state index in [0.29, 0.717) is 0 Å². The van der Waals surface area contributed by atoms with E-state index in [1.807, 2.05) is 0 Å². The Hall–Kier alpha value is -1.02. The Morgan fingerprint density at radius 2 is 1.29 bits per heavy atom. The SMILES string of the molecule is CCCCCCCCNCc1ccc(OCCCCCCC)cc1. The van der Waals surface area contributed by atoms with Crippen LogP contribution in [0.2, 0.25) is 0 Å². The summed E-state index contributed by atoms with van der Waals surface area (Å²) in [7, 11) is 0. The highest BCUT2D eigenvalue weighted by atomic mass is 16.5. The average Bonchev–Trinajstić information content (AvgIpc) is 2.61. The van der Waals surface area contributed by atoms with Gasteiger partial charge in [0.25, 0.3) is 0 Å². The second-order valence-electron chi connectivity index (χ2n) is 6.85. The molecule has 138 valence electrons. The summed E-state index contributed by atoms with van der Waals surface area (Å²) in [6.07, 6.45) is 14.6. The highest BCUT2D eigenvalue weighted by molar-refractivity contribution is 5.27. The third-order valence-electron chi connectivity index (χ3n) is 4.48. The van der Waals surface area contributed by atoms with Crippen LogP contribution in [-0.2, 0) is 6.54 Å². The zero-order valence-corrected chi connectivity index (χ0v) is 16.1. The number of hydrogen-bond acceptors (Lipinski definition) is 2. The van der Waals surface area contributed by atoms with Crippen molar-refractivity contribution >= 4 is 0 Å². The minimum atomic E-state index is 0.847. The standard InChI is InChI=1S/C22H39NO/c1-3-5-7-9-10-12-18-23-20-21-14-16-22(17-15-21)24-19-13-11-8-6-4-2/h14-17,23H,3-13,18-20H2,1-2H3. The molecule has 0 aliphatic heterocycles. The van der Waals surface area contributed by atoms with Crippen LogP contribution in [0.15, 0.2) is 24.3 Å². The molecule has 0 atom stereocenters. The van der Waals surface area contributed by atoms with Gasteiger partial charge in [-0.25, -0.2) is 0 Å². The Bertz CT molecular complexity index is 374. The van der Waals surface area contributed by atoms with Gasteiger partial charge in [-0.15, -0.1) is 0 Å². The summed E-state index contributed by atoms with van der Waals surface area (Å²) in [4.78, 5) is 0. The maximum Gasteiger partial charge on any atom is 0.119 e. The van der Waals surface area contributed by atoms with Gasteiger partial charge in [-0.2, -0.15) is 0 Å². The van der Waals surface area contributed by atoms with Crippen molar-refractivity contribution in [1.82, 2.24) is 5.32 Å². The first kappa shape index (κ1) is 21.0. The number of hydrogen-bond donors (Lipinski definition) is 1. The van der Waals surface area contributed by atoms with Crippen LogP contribution in [0, 0.1) is 0 Å². The fourth-order valence-electron chi connectivity index (χ4n) is 2.86. The first-order valence-corrected chi connectivity index (χ1v) is 10.3. The minimum absolute atomic E-state index is 0.847. The van der Waals surface area contributed by atoms with Crippen LogP contribution in [0.25, 0.3) is 0 Å². The molecule has 1 aromatic rings. The molecule has 0 aliphatic rings. The van der Waals surface area contributed by atoms with Gasteiger partial charge in [-0.1, -0.05) is 83.8 Å². The Morgan fingerprint density at radius 3 is 1.96 bits per heavy atom. The van der Waals surface area contributed by atoms with Gasteiger partial charge in [-0.3, -0.25) is 0 Å². The van der Waals surface area contributed by atoms with Gasteiger partial charge in [0.2, 0.25) is 0 Å². The highest BCUT2D eigenvalue weighted by Gasteiger charge is 1.97. The lowest BCUT2D eigenvalue weighted by molar-refractivity contribution is 0.304. The van der Waals surface area contributed by atoms with Gasteiger partial charge < -0.3 is 10.1 Å². The summed E-state index contributed by atoms with van der Waals surface area (Å²) in [6, 6.07) is 8.57. The van der Waals surface area contributed by atoms with Gasteiger partial charge >= 0.3 is 0 Å². The van der Waals surface area contributed by atoms with Crippen LogP contribution in [0.4, 0.5) is 0 Å². The molecule has 1 rings (SSSR count). The summed E-state index contributed by atoms with van der Waals surface area (Å²) in [5.74, 6) is 1.00. The quantitative estimate of drug-likeness (QED) is 0.349. The second-order valence-corrected chi connectivity index (χ2v) is 6.85.